The van der Waals surface area contributed by atoms with Crippen molar-refractivity contribution in [3.8, 4) is 0 Å². The molecule has 0 aromatic rings. The average molecular weight is 716 g/mol. The molecule has 0 bridgehead atoms. The first-order chi connectivity index (χ1) is 23.5. The van der Waals surface area contributed by atoms with Crippen LogP contribution in [0.25, 0.3) is 0 Å². The number of carbonyl (C=O) groups excluding carboxylic acids is 1. The number of aliphatic hydroxyl groups excluding tert-OH is 1. The summed E-state index contributed by atoms with van der Waals surface area (Å²) in [4.78, 5) is 22.7. The number of phosphoric ester groups is 1. The van der Waals surface area contributed by atoms with E-state index in [4.69, 9.17) is 9.05 Å². The number of unbranched alkanes of at least 4 members (excludes halogenated alkanes) is 21. The van der Waals surface area contributed by atoms with Crippen LogP contribution in [0.4, 0.5) is 0 Å². The van der Waals surface area contributed by atoms with Gasteiger partial charge in [-0.3, -0.25) is 13.8 Å². The van der Waals surface area contributed by atoms with Gasteiger partial charge in [-0.15, -0.1) is 0 Å². The van der Waals surface area contributed by atoms with Crippen molar-refractivity contribution < 1.29 is 32.9 Å². The van der Waals surface area contributed by atoms with Crippen molar-refractivity contribution in [1.29, 1.82) is 0 Å². The molecule has 49 heavy (non-hydrogen) atoms. The topological polar surface area (TPSA) is 105 Å². The van der Waals surface area contributed by atoms with Crippen LogP contribution in [0.1, 0.15) is 174 Å². The summed E-state index contributed by atoms with van der Waals surface area (Å²) in [5.74, 6) is -0.205. The first-order valence-electron chi connectivity index (χ1n) is 20.2. The fourth-order valence-corrected chi connectivity index (χ4v) is 6.38. The van der Waals surface area contributed by atoms with Gasteiger partial charge < -0.3 is 19.8 Å². The maximum absolute atomic E-state index is 12.5. The Morgan fingerprint density at radius 3 is 1.63 bits per heavy atom. The van der Waals surface area contributed by atoms with E-state index in [0.717, 1.165) is 44.9 Å². The lowest BCUT2D eigenvalue weighted by atomic mass is 10.0. The van der Waals surface area contributed by atoms with Gasteiger partial charge in [-0.2, -0.15) is 0 Å². The minimum Gasteiger partial charge on any atom is -0.387 e. The Labute approximate surface area is 303 Å². The summed E-state index contributed by atoms with van der Waals surface area (Å²) in [7, 11) is 1.55. The Morgan fingerprint density at radius 2 is 1.12 bits per heavy atom. The van der Waals surface area contributed by atoms with Gasteiger partial charge in [-0.05, 0) is 32.1 Å². The fraction of sp³-hybridized carbons (Fsp3) is 0.875. The van der Waals surface area contributed by atoms with E-state index in [-0.39, 0.29) is 19.1 Å². The highest BCUT2D eigenvalue weighted by molar-refractivity contribution is 7.47. The molecule has 0 radical (unpaired) electrons. The molecule has 0 aromatic heterocycles. The van der Waals surface area contributed by atoms with E-state index in [0.29, 0.717) is 17.4 Å². The number of carbonyl (C=O) groups is 1. The van der Waals surface area contributed by atoms with E-state index in [9.17, 15) is 19.4 Å². The summed E-state index contributed by atoms with van der Waals surface area (Å²) in [6, 6.07) is -0.854. The Balaban J connectivity index is 4.17. The molecule has 0 saturated heterocycles. The SMILES string of the molecule is CCCCCCCCCCCCCCCCCCC/C=C/CC/C=C/C(O)C(COP(=O)(O)OCC[N+](C)(C)C)NC(=O)CCCCCC. The number of rotatable bonds is 36. The Kier molecular flexibility index (Phi) is 32.2. The van der Waals surface area contributed by atoms with Crippen LogP contribution < -0.4 is 5.32 Å². The normalized spacial score (nSPS) is 14.8. The second-order valence-electron chi connectivity index (χ2n) is 15.0. The molecule has 1 amide bonds. The molecular formula is C40H80N2O6P+. The first-order valence-corrected chi connectivity index (χ1v) is 21.7. The van der Waals surface area contributed by atoms with E-state index in [1.165, 1.54) is 109 Å². The molecule has 0 rings (SSSR count). The van der Waals surface area contributed by atoms with Crippen LogP contribution in [-0.2, 0) is 18.4 Å². The number of amides is 1. The molecule has 0 spiro atoms. The number of likely N-dealkylation sites (N-methyl/N-ethyl adjacent to an activating group) is 1. The van der Waals surface area contributed by atoms with Crippen molar-refractivity contribution in [2.24, 2.45) is 0 Å². The maximum atomic E-state index is 12.5. The van der Waals surface area contributed by atoms with E-state index in [1.54, 1.807) is 6.08 Å². The summed E-state index contributed by atoms with van der Waals surface area (Å²) < 4.78 is 23.3. The summed E-state index contributed by atoms with van der Waals surface area (Å²) in [6.45, 7) is 4.66. The Bertz CT molecular complexity index is 860. The van der Waals surface area contributed by atoms with Crippen molar-refractivity contribution in [1.82, 2.24) is 5.32 Å². The van der Waals surface area contributed by atoms with Crippen LogP contribution >= 0.6 is 7.82 Å². The first kappa shape index (κ1) is 48.0. The molecule has 0 fully saturated rings. The Morgan fingerprint density at radius 1 is 0.673 bits per heavy atom. The number of hydrogen-bond donors (Lipinski definition) is 3. The number of nitrogens with zero attached hydrogens (tertiary/aromatic N) is 1. The van der Waals surface area contributed by atoms with Gasteiger partial charge in [0.25, 0.3) is 0 Å². The van der Waals surface area contributed by atoms with E-state index in [1.807, 2.05) is 27.2 Å². The van der Waals surface area contributed by atoms with Gasteiger partial charge in [0.15, 0.2) is 0 Å². The third-order valence-electron chi connectivity index (χ3n) is 8.92. The molecule has 0 aliphatic rings. The van der Waals surface area contributed by atoms with Crippen molar-refractivity contribution in [3.05, 3.63) is 24.3 Å². The molecule has 290 valence electrons. The smallest absolute Gasteiger partial charge is 0.387 e. The van der Waals surface area contributed by atoms with Gasteiger partial charge in [0.05, 0.1) is 39.9 Å². The molecule has 0 aliphatic carbocycles. The zero-order valence-corrected chi connectivity index (χ0v) is 33.6. The molecule has 9 heteroatoms. The van der Waals surface area contributed by atoms with Gasteiger partial charge in [0.1, 0.15) is 13.2 Å². The van der Waals surface area contributed by atoms with Crippen molar-refractivity contribution >= 4 is 13.7 Å². The summed E-state index contributed by atoms with van der Waals surface area (Å²) in [5.41, 5.74) is 0. The molecule has 3 atom stereocenters. The molecule has 0 aliphatic heterocycles. The number of hydrogen-bond acceptors (Lipinski definition) is 5. The third-order valence-corrected chi connectivity index (χ3v) is 9.91. The molecule has 8 nitrogen and oxygen atoms in total. The van der Waals surface area contributed by atoms with Crippen LogP contribution in [0.15, 0.2) is 24.3 Å². The standard InChI is InChI=1S/C40H79N2O6P/c1-6-8-10-12-13-14-15-16-17-18-19-20-21-22-23-24-25-26-27-28-29-30-31-33-39(43)38(41-40(44)34-32-11-9-7-2)37-48-49(45,46)47-36-35-42(3,4)5/h27-28,31,33,38-39,43H,6-26,29-30,32,34-37H2,1-5H3,(H-,41,44,45,46)/p+1/b28-27+,33-31+. The minimum absolute atomic E-state index is 0.0568. The highest BCUT2D eigenvalue weighted by atomic mass is 31.2. The average Bonchev–Trinajstić information content (AvgIpc) is 3.04. The fourth-order valence-electron chi connectivity index (χ4n) is 5.64. The van der Waals surface area contributed by atoms with Gasteiger partial charge in [-0.25, -0.2) is 4.57 Å². The van der Waals surface area contributed by atoms with E-state index in [2.05, 4.69) is 31.3 Å². The van der Waals surface area contributed by atoms with Crippen LogP contribution in [0.2, 0.25) is 0 Å². The highest BCUT2D eigenvalue weighted by Gasteiger charge is 2.27. The van der Waals surface area contributed by atoms with Gasteiger partial charge in [-0.1, -0.05) is 160 Å². The minimum atomic E-state index is -4.32. The quantitative estimate of drug-likeness (QED) is 0.0258. The van der Waals surface area contributed by atoms with Gasteiger partial charge in [0.2, 0.25) is 5.91 Å². The second kappa shape index (κ2) is 32.9. The van der Waals surface area contributed by atoms with Crippen LogP contribution in [0.3, 0.4) is 0 Å². The molecule has 3 N–H and O–H groups in total. The zero-order valence-electron chi connectivity index (χ0n) is 32.7. The van der Waals surface area contributed by atoms with Crippen LogP contribution in [-0.4, -0.2) is 73.4 Å². The second-order valence-corrected chi connectivity index (χ2v) is 16.5. The van der Waals surface area contributed by atoms with Gasteiger partial charge >= 0.3 is 7.82 Å². The predicted molar refractivity (Wildman–Crippen MR) is 208 cm³/mol. The summed E-state index contributed by atoms with van der Waals surface area (Å²) in [6.07, 6.45) is 37.5. The third kappa shape index (κ3) is 35.2. The largest absolute Gasteiger partial charge is 0.472 e. The highest BCUT2D eigenvalue weighted by Crippen LogP contribution is 2.43. The van der Waals surface area contributed by atoms with Crippen LogP contribution in [0, 0.1) is 0 Å². The van der Waals surface area contributed by atoms with E-state index < -0.39 is 20.0 Å². The summed E-state index contributed by atoms with van der Waals surface area (Å²) >= 11 is 0. The number of phosphoric acid groups is 1. The number of aliphatic hydroxyl groups is 1. The van der Waals surface area contributed by atoms with Crippen molar-refractivity contribution in [3.63, 3.8) is 0 Å². The molecule has 0 heterocycles. The molecule has 3 unspecified atom stereocenters. The zero-order chi connectivity index (χ0) is 36.5. The van der Waals surface area contributed by atoms with E-state index >= 15 is 0 Å². The lowest BCUT2D eigenvalue weighted by Gasteiger charge is -2.25. The molecule has 0 aromatic carbocycles. The number of quaternary nitrogens is 1. The predicted octanol–water partition coefficient (Wildman–Crippen LogP) is 10.6. The lowest BCUT2D eigenvalue weighted by molar-refractivity contribution is -0.870. The van der Waals surface area contributed by atoms with Crippen molar-refractivity contribution in [2.45, 2.75) is 187 Å². The van der Waals surface area contributed by atoms with Gasteiger partial charge in [0, 0.05) is 6.42 Å². The number of nitrogens with one attached hydrogen (secondary N) is 1. The van der Waals surface area contributed by atoms with Crippen molar-refractivity contribution in [2.75, 3.05) is 40.9 Å². The maximum Gasteiger partial charge on any atom is 0.472 e. The monoisotopic (exact) mass is 716 g/mol. The van der Waals surface area contributed by atoms with Crippen LogP contribution in [0.5, 0.6) is 0 Å². The molecular weight excluding hydrogens is 635 g/mol. The summed E-state index contributed by atoms with van der Waals surface area (Å²) in [5, 5.41) is 13.6. The Hall–Kier alpha value is -1.02. The molecule has 0 saturated carbocycles. The lowest BCUT2D eigenvalue weighted by Crippen LogP contribution is -2.45. The number of allylic oxidation sites excluding steroid dienone is 3.